The van der Waals surface area contributed by atoms with Gasteiger partial charge in [-0.05, 0) is 36.2 Å². The molecule has 0 saturated carbocycles. The standard InChI is InChI=1S/C17H11ClF3N2/c1-10-5-13(9-22-8-10)15-12(7-17(19,20)21)6-11-3-2-4-14(18)16(11)23-15/h2-9H,1H3. The van der Waals surface area contributed by atoms with Crippen LogP contribution < -0.4 is 0 Å². The zero-order valence-electron chi connectivity index (χ0n) is 12.0. The first kappa shape index (κ1) is 15.7. The molecule has 0 aliphatic heterocycles. The van der Waals surface area contributed by atoms with Gasteiger partial charge in [0.1, 0.15) is 0 Å². The topological polar surface area (TPSA) is 25.8 Å². The van der Waals surface area contributed by atoms with Gasteiger partial charge in [0, 0.05) is 23.3 Å². The number of para-hydroxylation sites is 1. The molecule has 3 aromatic rings. The molecule has 0 unspecified atom stereocenters. The molecule has 0 bridgehead atoms. The number of aromatic nitrogens is 2. The molecule has 0 N–H and O–H groups in total. The van der Waals surface area contributed by atoms with Gasteiger partial charge in [0.25, 0.3) is 0 Å². The fourth-order valence-electron chi connectivity index (χ4n) is 2.38. The van der Waals surface area contributed by atoms with E-state index in [9.17, 15) is 13.2 Å². The van der Waals surface area contributed by atoms with E-state index in [2.05, 4.69) is 9.97 Å². The maximum Gasteiger partial charge on any atom is 0.396 e. The Bertz CT molecular complexity index is 875. The predicted octanol–water partition coefficient (Wildman–Crippen LogP) is 5.37. The van der Waals surface area contributed by atoms with Gasteiger partial charge in [-0.25, -0.2) is 4.98 Å². The molecular weight excluding hydrogens is 325 g/mol. The van der Waals surface area contributed by atoms with Crippen LogP contribution in [-0.4, -0.2) is 16.1 Å². The van der Waals surface area contributed by atoms with Crippen LogP contribution in [0.25, 0.3) is 22.2 Å². The highest BCUT2D eigenvalue weighted by molar-refractivity contribution is 6.35. The van der Waals surface area contributed by atoms with Crippen LogP contribution in [0.5, 0.6) is 0 Å². The molecule has 0 amide bonds. The molecular formula is C17H11ClF3N2. The van der Waals surface area contributed by atoms with Gasteiger partial charge < -0.3 is 0 Å². The molecule has 6 heteroatoms. The van der Waals surface area contributed by atoms with Crippen molar-refractivity contribution in [2.24, 2.45) is 0 Å². The van der Waals surface area contributed by atoms with Crippen LogP contribution in [0.2, 0.25) is 5.02 Å². The normalized spacial score (nSPS) is 11.9. The average molecular weight is 336 g/mol. The van der Waals surface area contributed by atoms with E-state index in [-0.39, 0.29) is 17.7 Å². The molecule has 0 saturated heterocycles. The number of hydrogen-bond acceptors (Lipinski definition) is 2. The number of nitrogens with zero attached hydrogens (tertiary/aromatic N) is 2. The van der Waals surface area contributed by atoms with Crippen LogP contribution in [0.3, 0.4) is 0 Å². The molecule has 2 heterocycles. The first-order valence-electron chi connectivity index (χ1n) is 6.77. The van der Waals surface area contributed by atoms with E-state index in [1.165, 1.54) is 12.3 Å². The number of benzene rings is 1. The minimum atomic E-state index is -4.44. The third-order valence-electron chi connectivity index (χ3n) is 3.29. The van der Waals surface area contributed by atoms with Crippen LogP contribution in [-0.2, 0) is 0 Å². The molecule has 23 heavy (non-hydrogen) atoms. The van der Waals surface area contributed by atoms with Gasteiger partial charge in [-0.3, -0.25) is 4.98 Å². The number of halogens is 4. The largest absolute Gasteiger partial charge is 0.396 e. The molecule has 3 rings (SSSR count). The van der Waals surface area contributed by atoms with Gasteiger partial charge in [0.2, 0.25) is 0 Å². The molecule has 0 atom stereocenters. The lowest BCUT2D eigenvalue weighted by Gasteiger charge is -2.13. The Morgan fingerprint density at radius 2 is 1.91 bits per heavy atom. The predicted molar refractivity (Wildman–Crippen MR) is 84.2 cm³/mol. The second-order valence-electron chi connectivity index (χ2n) is 5.17. The Labute approximate surface area is 136 Å². The van der Waals surface area contributed by atoms with Crippen molar-refractivity contribution in [2.45, 2.75) is 13.1 Å². The lowest BCUT2D eigenvalue weighted by molar-refractivity contribution is -0.0927. The summed E-state index contributed by atoms with van der Waals surface area (Å²) in [5.41, 5.74) is 2.01. The number of alkyl halides is 3. The van der Waals surface area contributed by atoms with E-state index >= 15 is 0 Å². The molecule has 0 fully saturated rings. The Kier molecular flexibility index (Phi) is 3.98. The summed E-state index contributed by atoms with van der Waals surface area (Å²) < 4.78 is 38.6. The number of pyridine rings is 2. The zero-order chi connectivity index (χ0) is 16.6. The maximum absolute atomic E-state index is 12.9. The zero-order valence-corrected chi connectivity index (χ0v) is 12.8. The Morgan fingerprint density at radius 3 is 2.61 bits per heavy atom. The smallest absolute Gasteiger partial charge is 0.264 e. The van der Waals surface area contributed by atoms with Crippen LogP contribution >= 0.6 is 11.6 Å². The van der Waals surface area contributed by atoms with Crippen molar-refractivity contribution in [3.05, 3.63) is 65.3 Å². The lowest BCUT2D eigenvalue weighted by Crippen LogP contribution is -2.10. The average Bonchev–Trinajstić information content (AvgIpc) is 2.45. The van der Waals surface area contributed by atoms with Crippen LogP contribution in [0.15, 0.2) is 42.7 Å². The fraction of sp³-hybridized carbons (Fsp3) is 0.118. The van der Waals surface area contributed by atoms with Crippen LogP contribution in [0, 0.1) is 13.3 Å². The monoisotopic (exact) mass is 335 g/mol. The van der Waals surface area contributed by atoms with Crippen LogP contribution in [0.1, 0.15) is 11.1 Å². The molecule has 1 radical (unpaired) electrons. The van der Waals surface area contributed by atoms with E-state index in [4.69, 9.17) is 11.6 Å². The quantitative estimate of drug-likeness (QED) is 0.629. The van der Waals surface area contributed by atoms with Gasteiger partial charge >= 0.3 is 6.18 Å². The summed E-state index contributed by atoms with van der Waals surface area (Å²) in [6.07, 6.45) is -1.08. The Balaban J connectivity index is 2.27. The second-order valence-corrected chi connectivity index (χ2v) is 5.58. The lowest BCUT2D eigenvalue weighted by atomic mass is 10.0. The summed E-state index contributed by atoms with van der Waals surface area (Å²) in [5.74, 6) is 0. The summed E-state index contributed by atoms with van der Waals surface area (Å²) in [6.45, 7) is 1.82. The first-order valence-corrected chi connectivity index (χ1v) is 7.15. The molecule has 0 aliphatic carbocycles. The van der Waals surface area contributed by atoms with E-state index in [1.807, 2.05) is 6.92 Å². The van der Waals surface area contributed by atoms with Gasteiger partial charge in [-0.2, -0.15) is 13.2 Å². The maximum atomic E-state index is 12.9. The van der Waals surface area contributed by atoms with Crippen molar-refractivity contribution >= 4 is 22.5 Å². The Hall–Kier alpha value is -2.14. The van der Waals surface area contributed by atoms with Crippen molar-refractivity contribution < 1.29 is 13.2 Å². The van der Waals surface area contributed by atoms with Gasteiger partial charge in [0.15, 0.2) is 0 Å². The number of fused-ring (bicyclic) bond motifs is 1. The number of hydrogen-bond donors (Lipinski definition) is 0. The van der Waals surface area contributed by atoms with Crippen molar-refractivity contribution in [1.29, 1.82) is 0 Å². The minimum absolute atomic E-state index is 0.0142. The molecule has 0 spiro atoms. The second kappa shape index (κ2) is 5.81. The van der Waals surface area contributed by atoms with Crippen molar-refractivity contribution in [3.63, 3.8) is 0 Å². The van der Waals surface area contributed by atoms with Gasteiger partial charge in [0.05, 0.1) is 22.7 Å². The fourth-order valence-corrected chi connectivity index (χ4v) is 2.60. The Morgan fingerprint density at radius 1 is 1.13 bits per heavy atom. The van der Waals surface area contributed by atoms with Crippen molar-refractivity contribution in [1.82, 2.24) is 9.97 Å². The van der Waals surface area contributed by atoms with Crippen molar-refractivity contribution in [2.75, 3.05) is 0 Å². The third kappa shape index (κ3) is 3.45. The summed E-state index contributed by atoms with van der Waals surface area (Å²) in [6, 6.07) is 8.20. The van der Waals surface area contributed by atoms with E-state index in [1.54, 1.807) is 30.5 Å². The highest BCUT2D eigenvalue weighted by Crippen LogP contribution is 2.34. The summed E-state index contributed by atoms with van der Waals surface area (Å²) >= 11 is 6.12. The van der Waals surface area contributed by atoms with E-state index in [0.29, 0.717) is 21.5 Å². The third-order valence-corrected chi connectivity index (χ3v) is 3.60. The van der Waals surface area contributed by atoms with Crippen LogP contribution in [0.4, 0.5) is 13.2 Å². The van der Waals surface area contributed by atoms with Gasteiger partial charge in [-0.1, -0.05) is 23.7 Å². The highest BCUT2D eigenvalue weighted by Gasteiger charge is 2.30. The van der Waals surface area contributed by atoms with Crippen molar-refractivity contribution in [3.8, 4) is 11.3 Å². The van der Waals surface area contributed by atoms with E-state index < -0.39 is 6.18 Å². The minimum Gasteiger partial charge on any atom is -0.264 e. The first-order chi connectivity index (χ1) is 10.8. The summed E-state index contributed by atoms with van der Waals surface area (Å²) in [5, 5.41) is 0.945. The SMILES string of the molecule is Cc1cncc(-c2nc3c(Cl)cccc3cc2[CH]C(F)(F)F)c1. The molecule has 2 aromatic heterocycles. The highest BCUT2D eigenvalue weighted by atomic mass is 35.5. The summed E-state index contributed by atoms with van der Waals surface area (Å²) in [7, 11) is 0. The van der Waals surface area contributed by atoms with E-state index in [0.717, 1.165) is 5.56 Å². The molecule has 1 aromatic carbocycles. The molecule has 117 valence electrons. The van der Waals surface area contributed by atoms with Gasteiger partial charge in [-0.15, -0.1) is 0 Å². The summed E-state index contributed by atoms with van der Waals surface area (Å²) in [4.78, 5) is 8.40. The number of rotatable bonds is 2. The molecule has 2 nitrogen and oxygen atoms in total. The molecule has 0 aliphatic rings. The number of aryl methyl sites for hydroxylation is 1.